The van der Waals surface area contributed by atoms with Crippen molar-refractivity contribution in [2.24, 2.45) is 10.8 Å². The van der Waals surface area contributed by atoms with Gasteiger partial charge in [-0.05, 0) is 38.2 Å². The zero-order valence-electron chi connectivity index (χ0n) is 11.0. The molecule has 1 saturated heterocycles. The molecule has 2 fully saturated rings. The van der Waals surface area contributed by atoms with Crippen LogP contribution in [0.5, 0.6) is 0 Å². The van der Waals surface area contributed by atoms with Crippen molar-refractivity contribution < 1.29 is 14.3 Å². The number of ether oxygens (including phenoxy) is 1. The Kier molecular flexibility index (Phi) is 2.58. The molecule has 0 aromatic heterocycles. The molecule has 0 amide bonds. The number of hydrogen-bond donors (Lipinski definition) is 0. The molecule has 1 saturated carbocycles. The predicted octanol–water partition coefficient (Wildman–Crippen LogP) is 2.30. The molecule has 2 atom stereocenters. The Balaban J connectivity index is 2.37. The SMILES string of the molecule is CC(=O)/C=C/C1(C)C(=O)C2(CCC1(C)C)CO2. The third-order valence-electron chi connectivity index (χ3n) is 4.59. The van der Waals surface area contributed by atoms with Gasteiger partial charge in [-0.15, -0.1) is 0 Å². The Morgan fingerprint density at radius 3 is 2.35 bits per heavy atom. The summed E-state index contributed by atoms with van der Waals surface area (Å²) in [6, 6.07) is 0. The lowest BCUT2D eigenvalue weighted by Crippen LogP contribution is -2.52. The van der Waals surface area contributed by atoms with Gasteiger partial charge in [0.05, 0.1) is 12.0 Å². The van der Waals surface area contributed by atoms with Crippen LogP contribution >= 0.6 is 0 Å². The minimum Gasteiger partial charge on any atom is -0.361 e. The molecule has 2 aliphatic rings. The van der Waals surface area contributed by atoms with E-state index in [-0.39, 0.29) is 17.0 Å². The fraction of sp³-hybridized carbons (Fsp3) is 0.714. The van der Waals surface area contributed by atoms with E-state index < -0.39 is 11.0 Å². The summed E-state index contributed by atoms with van der Waals surface area (Å²) < 4.78 is 5.38. The Hall–Kier alpha value is -0.960. The molecule has 2 unspecified atom stereocenters. The Morgan fingerprint density at radius 1 is 1.29 bits per heavy atom. The Morgan fingerprint density at radius 2 is 1.88 bits per heavy atom. The van der Waals surface area contributed by atoms with Crippen molar-refractivity contribution in [2.75, 3.05) is 6.61 Å². The van der Waals surface area contributed by atoms with Gasteiger partial charge in [0, 0.05) is 0 Å². The highest BCUT2D eigenvalue weighted by atomic mass is 16.6. The van der Waals surface area contributed by atoms with E-state index in [1.807, 2.05) is 6.92 Å². The second kappa shape index (κ2) is 3.52. The van der Waals surface area contributed by atoms with Gasteiger partial charge in [0.2, 0.25) is 0 Å². The number of epoxide rings is 1. The first-order chi connectivity index (χ1) is 7.74. The molecule has 0 radical (unpaired) electrons. The lowest BCUT2D eigenvalue weighted by Gasteiger charge is -2.46. The summed E-state index contributed by atoms with van der Waals surface area (Å²) in [6.45, 7) is 8.15. The van der Waals surface area contributed by atoms with Gasteiger partial charge < -0.3 is 4.74 Å². The molecule has 1 heterocycles. The van der Waals surface area contributed by atoms with E-state index in [0.29, 0.717) is 6.61 Å². The third-order valence-corrected chi connectivity index (χ3v) is 4.59. The molecule has 0 aromatic carbocycles. The number of carbonyl (C=O) groups is 2. The molecule has 0 N–H and O–H groups in total. The number of rotatable bonds is 2. The number of Topliss-reactive ketones (excluding diaryl/α,β-unsaturated/α-hetero) is 1. The summed E-state index contributed by atoms with van der Waals surface area (Å²) in [4.78, 5) is 23.7. The zero-order valence-corrected chi connectivity index (χ0v) is 11.0. The molecular formula is C14H20O3. The van der Waals surface area contributed by atoms with Gasteiger partial charge in [0.25, 0.3) is 0 Å². The average Bonchev–Trinajstić information content (AvgIpc) is 3.01. The maximum absolute atomic E-state index is 12.6. The minimum atomic E-state index is -0.604. The lowest BCUT2D eigenvalue weighted by atomic mass is 9.55. The minimum absolute atomic E-state index is 0.0221. The summed E-state index contributed by atoms with van der Waals surface area (Å²) >= 11 is 0. The normalized spacial score (nSPS) is 39.9. The smallest absolute Gasteiger partial charge is 0.177 e. The number of hydrogen-bond acceptors (Lipinski definition) is 3. The van der Waals surface area contributed by atoms with E-state index in [0.717, 1.165) is 12.8 Å². The molecule has 3 nitrogen and oxygen atoms in total. The molecule has 2 rings (SSSR count). The highest BCUT2D eigenvalue weighted by molar-refractivity contribution is 5.98. The first-order valence-corrected chi connectivity index (χ1v) is 6.12. The topological polar surface area (TPSA) is 46.7 Å². The summed E-state index contributed by atoms with van der Waals surface area (Å²) in [6.07, 6.45) is 5.04. The first-order valence-electron chi connectivity index (χ1n) is 6.12. The van der Waals surface area contributed by atoms with Crippen molar-refractivity contribution >= 4 is 11.6 Å². The summed E-state index contributed by atoms with van der Waals surface area (Å²) in [5.41, 5.74) is -1.27. The Bertz CT molecular complexity index is 402. The largest absolute Gasteiger partial charge is 0.361 e. The summed E-state index contributed by atoms with van der Waals surface area (Å²) in [5, 5.41) is 0. The standard InChI is InChI=1S/C14H20O3/c1-10(15)5-6-13(4)11(16)14(9-17-14)8-7-12(13,2)3/h5-6H,7-9H2,1-4H3/b6-5+. The van der Waals surface area contributed by atoms with Gasteiger partial charge in [0.15, 0.2) is 17.2 Å². The van der Waals surface area contributed by atoms with Gasteiger partial charge in [-0.25, -0.2) is 0 Å². The highest BCUT2D eigenvalue weighted by Crippen LogP contribution is 2.56. The summed E-state index contributed by atoms with van der Waals surface area (Å²) in [5.74, 6) is 0.116. The van der Waals surface area contributed by atoms with E-state index in [4.69, 9.17) is 4.74 Å². The van der Waals surface area contributed by atoms with Crippen molar-refractivity contribution in [3.63, 3.8) is 0 Å². The van der Waals surface area contributed by atoms with Crippen molar-refractivity contribution in [3.05, 3.63) is 12.2 Å². The molecule has 1 aliphatic carbocycles. The van der Waals surface area contributed by atoms with Crippen molar-refractivity contribution in [1.82, 2.24) is 0 Å². The van der Waals surface area contributed by atoms with E-state index in [1.165, 1.54) is 13.0 Å². The predicted molar refractivity (Wildman–Crippen MR) is 64.6 cm³/mol. The van der Waals surface area contributed by atoms with Crippen LogP contribution in [0.15, 0.2) is 12.2 Å². The maximum atomic E-state index is 12.6. The average molecular weight is 236 g/mol. The number of carbonyl (C=O) groups excluding carboxylic acids is 2. The second-order valence-corrected chi connectivity index (χ2v) is 6.14. The third kappa shape index (κ3) is 1.77. The monoisotopic (exact) mass is 236 g/mol. The molecule has 17 heavy (non-hydrogen) atoms. The molecule has 1 spiro atoms. The van der Waals surface area contributed by atoms with E-state index in [9.17, 15) is 9.59 Å². The number of allylic oxidation sites excluding steroid dienone is 2. The lowest BCUT2D eigenvalue weighted by molar-refractivity contribution is -0.141. The Labute approximate surface area is 102 Å². The van der Waals surface area contributed by atoms with Gasteiger partial charge in [-0.2, -0.15) is 0 Å². The van der Waals surface area contributed by atoms with Crippen molar-refractivity contribution in [2.45, 2.75) is 46.1 Å². The molecule has 94 valence electrons. The molecule has 3 heteroatoms. The van der Waals surface area contributed by atoms with Crippen LogP contribution in [0.1, 0.15) is 40.5 Å². The van der Waals surface area contributed by atoms with Gasteiger partial charge in [0.1, 0.15) is 0 Å². The van der Waals surface area contributed by atoms with Crippen LogP contribution in [0.2, 0.25) is 0 Å². The highest BCUT2D eigenvalue weighted by Gasteiger charge is 2.64. The quantitative estimate of drug-likeness (QED) is 0.546. The van der Waals surface area contributed by atoms with Crippen LogP contribution in [0.4, 0.5) is 0 Å². The molecule has 0 bridgehead atoms. The fourth-order valence-electron chi connectivity index (χ4n) is 2.62. The van der Waals surface area contributed by atoms with Crippen LogP contribution in [0, 0.1) is 10.8 Å². The van der Waals surface area contributed by atoms with Crippen molar-refractivity contribution in [3.8, 4) is 0 Å². The molecule has 1 aliphatic heterocycles. The van der Waals surface area contributed by atoms with Crippen LogP contribution in [-0.4, -0.2) is 23.8 Å². The van der Waals surface area contributed by atoms with Gasteiger partial charge in [-0.1, -0.05) is 19.9 Å². The summed E-state index contributed by atoms with van der Waals surface area (Å²) in [7, 11) is 0. The van der Waals surface area contributed by atoms with Crippen LogP contribution < -0.4 is 0 Å². The second-order valence-electron chi connectivity index (χ2n) is 6.14. The van der Waals surface area contributed by atoms with E-state index in [1.54, 1.807) is 6.08 Å². The van der Waals surface area contributed by atoms with Crippen LogP contribution in [0.3, 0.4) is 0 Å². The molecular weight excluding hydrogens is 216 g/mol. The zero-order chi connectivity index (χ0) is 12.9. The van der Waals surface area contributed by atoms with E-state index in [2.05, 4.69) is 13.8 Å². The van der Waals surface area contributed by atoms with Gasteiger partial charge >= 0.3 is 0 Å². The first kappa shape index (κ1) is 12.5. The van der Waals surface area contributed by atoms with E-state index >= 15 is 0 Å². The maximum Gasteiger partial charge on any atom is 0.177 e. The molecule has 0 aromatic rings. The fourth-order valence-corrected chi connectivity index (χ4v) is 2.62. The van der Waals surface area contributed by atoms with Crippen molar-refractivity contribution in [1.29, 1.82) is 0 Å². The van der Waals surface area contributed by atoms with Gasteiger partial charge in [-0.3, -0.25) is 9.59 Å². The number of ketones is 2. The van der Waals surface area contributed by atoms with Crippen LogP contribution in [0.25, 0.3) is 0 Å². The van der Waals surface area contributed by atoms with Crippen LogP contribution in [-0.2, 0) is 14.3 Å².